The van der Waals surface area contributed by atoms with Crippen LogP contribution >= 0.6 is 0 Å². The van der Waals surface area contributed by atoms with E-state index in [9.17, 15) is 18.4 Å². The zero-order valence-electron chi connectivity index (χ0n) is 15.4. The monoisotopic (exact) mass is 400 g/mol. The average molecular weight is 400 g/mol. The molecule has 150 valence electrons. The molecule has 1 fully saturated rings. The quantitative estimate of drug-likeness (QED) is 0.723. The number of amides is 1. The molecule has 3 aromatic rings. The Morgan fingerprint density at radius 2 is 1.79 bits per heavy atom. The molecular weight excluding hydrogens is 382 g/mol. The predicted octanol–water partition coefficient (Wildman–Crippen LogP) is 1.82. The van der Waals surface area contributed by atoms with E-state index in [1.165, 1.54) is 12.1 Å². The van der Waals surface area contributed by atoms with Crippen molar-refractivity contribution in [3.8, 4) is 0 Å². The molecule has 1 saturated heterocycles. The van der Waals surface area contributed by atoms with Crippen molar-refractivity contribution in [1.82, 2.24) is 9.89 Å². The van der Waals surface area contributed by atoms with Gasteiger partial charge in [0.2, 0.25) is 5.91 Å². The molecular formula is C20H18F2N4O3. The first kappa shape index (κ1) is 19.0. The SMILES string of the molecule is O=C(Cc1cccc(F)c1F)Nn1nc(N2CCOCC2)c2ccccc2c1=O. The maximum absolute atomic E-state index is 13.8. The highest BCUT2D eigenvalue weighted by atomic mass is 19.2. The van der Waals surface area contributed by atoms with Crippen LogP contribution in [0.15, 0.2) is 47.3 Å². The van der Waals surface area contributed by atoms with E-state index in [1.54, 1.807) is 18.2 Å². The number of morpholine rings is 1. The molecule has 0 unspecified atom stereocenters. The zero-order valence-corrected chi connectivity index (χ0v) is 15.4. The van der Waals surface area contributed by atoms with E-state index in [1.807, 2.05) is 11.0 Å². The minimum Gasteiger partial charge on any atom is -0.378 e. The van der Waals surface area contributed by atoms with Gasteiger partial charge in [-0.25, -0.2) is 14.2 Å². The second kappa shape index (κ2) is 7.96. The molecule has 2 heterocycles. The van der Waals surface area contributed by atoms with Gasteiger partial charge in [-0.3, -0.25) is 9.59 Å². The molecule has 0 atom stereocenters. The summed E-state index contributed by atoms with van der Waals surface area (Å²) in [6, 6.07) is 10.6. The van der Waals surface area contributed by atoms with Crippen molar-refractivity contribution < 1.29 is 18.3 Å². The molecule has 1 aliphatic heterocycles. The van der Waals surface area contributed by atoms with Gasteiger partial charge in [0.15, 0.2) is 17.5 Å². The first-order valence-corrected chi connectivity index (χ1v) is 9.12. The third-order valence-electron chi connectivity index (χ3n) is 4.71. The molecule has 7 nitrogen and oxygen atoms in total. The highest BCUT2D eigenvalue weighted by Gasteiger charge is 2.20. The number of hydrogen-bond donors (Lipinski definition) is 1. The third-order valence-corrected chi connectivity index (χ3v) is 4.71. The van der Waals surface area contributed by atoms with Crippen LogP contribution < -0.4 is 15.9 Å². The van der Waals surface area contributed by atoms with E-state index in [-0.39, 0.29) is 5.56 Å². The highest BCUT2D eigenvalue weighted by Crippen LogP contribution is 2.22. The highest BCUT2D eigenvalue weighted by molar-refractivity contribution is 5.92. The van der Waals surface area contributed by atoms with Gasteiger partial charge in [0, 0.05) is 24.0 Å². The fourth-order valence-electron chi connectivity index (χ4n) is 3.27. The maximum atomic E-state index is 13.8. The van der Waals surface area contributed by atoms with Crippen LogP contribution in [-0.2, 0) is 16.0 Å². The number of hydrogen-bond acceptors (Lipinski definition) is 5. The fraction of sp³-hybridized carbons (Fsp3) is 0.250. The number of fused-ring (bicyclic) bond motifs is 1. The third kappa shape index (κ3) is 3.81. The number of halogens is 2. The molecule has 1 aromatic heterocycles. The Morgan fingerprint density at radius 1 is 1.07 bits per heavy atom. The van der Waals surface area contributed by atoms with Crippen molar-refractivity contribution in [3.05, 3.63) is 70.0 Å². The fourth-order valence-corrected chi connectivity index (χ4v) is 3.27. The number of carbonyl (C=O) groups excluding carboxylic acids is 1. The van der Waals surface area contributed by atoms with Gasteiger partial charge in [0.25, 0.3) is 5.56 Å². The first-order valence-electron chi connectivity index (χ1n) is 9.12. The molecule has 1 aliphatic rings. The summed E-state index contributed by atoms with van der Waals surface area (Å²) in [5.41, 5.74) is 1.77. The van der Waals surface area contributed by atoms with E-state index in [0.717, 1.165) is 10.9 Å². The van der Waals surface area contributed by atoms with E-state index >= 15 is 0 Å². The predicted molar refractivity (Wildman–Crippen MR) is 103 cm³/mol. The van der Waals surface area contributed by atoms with Gasteiger partial charge in [0.1, 0.15) is 0 Å². The Hall–Kier alpha value is -3.33. The van der Waals surface area contributed by atoms with E-state index in [0.29, 0.717) is 42.9 Å². The van der Waals surface area contributed by atoms with Gasteiger partial charge >= 0.3 is 0 Å². The van der Waals surface area contributed by atoms with Crippen molar-refractivity contribution in [3.63, 3.8) is 0 Å². The summed E-state index contributed by atoms with van der Waals surface area (Å²) in [4.78, 5) is 28.0. The lowest BCUT2D eigenvalue weighted by Gasteiger charge is -2.29. The van der Waals surface area contributed by atoms with Crippen LogP contribution in [0.2, 0.25) is 0 Å². The van der Waals surface area contributed by atoms with Gasteiger partial charge < -0.3 is 9.64 Å². The summed E-state index contributed by atoms with van der Waals surface area (Å²) in [5, 5.41) is 5.38. The Balaban J connectivity index is 1.68. The number of rotatable bonds is 4. The number of nitrogens with zero attached hydrogens (tertiary/aromatic N) is 3. The Labute approximate surface area is 164 Å². The van der Waals surface area contributed by atoms with E-state index in [2.05, 4.69) is 10.5 Å². The van der Waals surface area contributed by atoms with E-state index < -0.39 is 29.5 Å². The minimum atomic E-state index is -1.09. The summed E-state index contributed by atoms with van der Waals surface area (Å²) >= 11 is 0. The van der Waals surface area contributed by atoms with Crippen LogP contribution in [0, 0.1) is 11.6 Å². The minimum absolute atomic E-state index is 0.107. The van der Waals surface area contributed by atoms with Crippen molar-refractivity contribution in [2.75, 3.05) is 36.6 Å². The van der Waals surface area contributed by atoms with Crippen LogP contribution in [0.4, 0.5) is 14.6 Å². The molecule has 2 aromatic carbocycles. The van der Waals surface area contributed by atoms with Crippen LogP contribution in [0.3, 0.4) is 0 Å². The molecule has 1 N–H and O–H groups in total. The summed E-state index contributed by atoms with van der Waals surface area (Å²) in [5.74, 6) is -2.27. The molecule has 0 aliphatic carbocycles. The maximum Gasteiger partial charge on any atom is 0.294 e. The number of nitrogens with one attached hydrogen (secondary N) is 1. The molecule has 4 rings (SSSR count). The lowest BCUT2D eigenvalue weighted by atomic mass is 10.1. The molecule has 9 heteroatoms. The van der Waals surface area contributed by atoms with Crippen LogP contribution in [0.5, 0.6) is 0 Å². The summed E-state index contributed by atoms with van der Waals surface area (Å²) in [6.07, 6.45) is -0.433. The summed E-state index contributed by atoms with van der Waals surface area (Å²) < 4.78 is 32.6. The summed E-state index contributed by atoms with van der Waals surface area (Å²) in [7, 11) is 0. The van der Waals surface area contributed by atoms with Crippen molar-refractivity contribution >= 4 is 22.5 Å². The number of aromatic nitrogens is 2. The van der Waals surface area contributed by atoms with Crippen LogP contribution in [-0.4, -0.2) is 42.1 Å². The average Bonchev–Trinajstić information content (AvgIpc) is 2.74. The number of anilines is 1. The molecule has 0 radical (unpaired) electrons. The Kier molecular flexibility index (Phi) is 5.22. The van der Waals surface area contributed by atoms with Gasteiger partial charge in [-0.1, -0.05) is 30.3 Å². The second-order valence-electron chi connectivity index (χ2n) is 6.61. The second-order valence-corrected chi connectivity index (χ2v) is 6.61. The lowest BCUT2D eigenvalue weighted by Crippen LogP contribution is -2.41. The first-order chi connectivity index (χ1) is 14.0. The van der Waals surface area contributed by atoms with Gasteiger partial charge in [-0.05, 0) is 12.1 Å². The van der Waals surface area contributed by atoms with Crippen molar-refractivity contribution in [2.24, 2.45) is 0 Å². The normalized spacial score (nSPS) is 14.2. The molecule has 1 amide bonds. The topological polar surface area (TPSA) is 76.5 Å². The van der Waals surface area contributed by atoms with Crippen molar-refractivity contribution in [2.45, 2.75) is 6.42 Å². The van der Waals surface area contributed by atoms with Gasteiger partial charge in [-0.2, -0.15) is 0 Å². The summed E-state index contributed by atoms with van der Waals surface area (Å²) in [6.45, 7) is 2.25. The standard InChI is InChI=1S/C20H18F2N4O3/c21-16-7-3-4-13(18(16)22)12-17(27)23-26-20(28)15-6-2-1-5-14(15)19(24-26)25-8-10-29-11-9-25/h1-7H,8-12H2,(H,23,27). The van der Waals surface area contributed by atoms with Gasteiger partial charge in [0.05, 0.1) is 25.0 Å². The number of benzene rings is 2. The Morgan fingerprint density at radius 3 is 2.55 bits per heavy atom. The van der Waals surface area contributed by atoms with E-state index in [4.69, 9.17) is 4.74 Å². The zero-order chi connectivity index (χ0) is 20.4. The van der Waals surface area contributed by atoms with Crippen LogP contribution in [0.1, 0.15) is 5.56 Å². The molecule has 0 spiro atoms. The Bertz CT molecular complexity index is 1130. The molecule has 0 saturated carbocycles. The van der Waals surface area contributed by atoms with Crippen molar-refractivity contribution in [1.29, 1.82) is 0 Å². The number of carbonyl (C=O) groups is 1. The smallest absolute Gasteiger partial charge is 0.294 e. The van der Waals surface area contributed by atoms with Gasteiger partial charge in [-0.15, -0.1) is 9.89 Å². The molecule has 0 bridgehead atoms. The lowest BCUT2D eigenvalue weighted by molar-refractivity contribution is -0.116. The van der Waals surface area contributed by atoms with Crippen LogP contribution in [0.25, 0.3) is 10.8 Å². The largest absolute Gasteiger partial charge is 0.378 e. The number of ether oxygens (including phenoxy) is 1. The molecule has 29 heavy (non-hydrogen) atoms.